The summed E-state index contributed by atoms with van der Waals surface area (Å²) in [4.78, 5) is 0. The van der Waals surface area contributed by atoms with Gasteiger partial charge in [0.25, 0.3) is 0 Å². The van der Waals surface area contributed by atoms with Gasteiger partial charge in [-0.15, -0.1) is 0 Å². The smallest absolute Gasteiger partial charge is 0.302 e. The lowest BCUT2D eigenvalue weighted by atomic mass is 10.4. The van der Waals surface area contributed by atoms with Gasteiger partial charge in [0.1, 0.15) is 0 Å². The van der Waals surface area contributed by atoms with Crippen LogP contribution >= 0.6 is 7.82 Å². The molecule has 0 unspecified atom stereocenters. The Morgan fingerprint density at radius 2 is 1.31 bits per heavy atom. The monoisotopic (exact) mass is 396 g/mol. The van der Waals surface area contributed by atoms with Crippen LogP contribution in [0.2, 0.25) is 6.04 Å². The molecular weight excluding hydrogens is 370 g/mol. The largest absolute Gasteiger partial charge is 0.474 e. The highest BCUT2D eigenvalue weighted by atomic mass is 31.2. The first-order valence-electron chi connectivity index (χ1n) is 8.87. The van der Waals surface area contributed by atoms with E-state index in [0.29, 0.717) is 12.5 Å². The first-order valence-corrected chi connectivity index (χ1v) is 12.4. The van der Waals surface area contributed by atoms with Crippen molar-refractivity contribution < 1.29 is 22.2 Å². The van der Waals surface area contributed by atoms with Crippen molar-refractivity contribution in [2.75, 3.05) is 19.8 Å². The van der Waals surface area contributed by atoms with E-state index in [1.165, 1.54) is 0 Å². The van der Waals surface area contributed by atoms with Crippen LogP contribution in [0.4, 0.5) is 4.11 Å². The van der Waals surface area contributed by atoms with Crippen LogP contribution in [-0.2, 0) is 18.1 Å². The Kier molecular flexibility index (Phi) is 8.19. The van der Waals surface area contributed by atoms with Crippen molar-refractivity contribution in [1.82, 2.24) is 0 Å². The van der Waals surface area contributed by atoms with Gasteiger partial charge in [-0.3, -0.25) is 13.6 Å². The van der Waals surface area contributed by atoms with Crippen LogP contribution in [0.1, 0.15) is 20.3 Å². The van der Waals surface area contributed by atoms with E-state index in [1.807, 2.05) is 60.7 Å². The van der Waals surface area contributed by atoms with Gasteiger partial charge in [0.05, 0.1) is 19.8 Å². The molecule has 0 aliphatic rings. The molecule has 2 aromatic carbocycles. The molecular formula is C19H26FO4PSi. The number of phosphoric acid groups is 1. The summed E-state index contributed by atoms with van der Waals surface area (Å²) in [5.74, 6) is 0. The molecule has 0 aliphatic heterocycles. The summed E-state index contributed by atoms with van der Waals surface area (Å²) in [6.07, 6.45) is 0.427. The molecule has 0 saturated heterocycles. The van der Waals surface area contributed by atoms with E-state index in [1.54, 1.807) is 13.8 Å². The lowest BCUT2D eigenvalue weighted by Gasteiger charge is -2.24. The number of hydrogen-bond donors (Lipinski definition) is 0. The molecule has 0 aliphatic carbocycles. The normalized spacial score (nSPS) is 12.3. The van der Waals surface area contributed by atoms with E-state index in [2.05, 4.69) is 0 Å². The zero-order chi connectivity index (χ0) is 18.9. The summed E-state index contributed by atoms with van der Waals surface area (Å²) >= 11 is 0. The maximum Gasteiger partial charge on any atom is 0.474 e. The molecule has 0 aromatic heterocycles. The van der Waals surface area contributed by atoms with E-state index >= 15 is 4.11 Å². The second kappa shape index (κ2) is 10.1. The Balaban J connectivity index is 2.08. The first-order chi connectivity index (χ1) is 12.5. The van der Waals surface area contributed by atoms with Gasteiger partial charge in [-0.25, -0.2) is 4.57 Å². The van der Waals surface area contributed by atoms with Crippen molar-refractivity contribution >= 4 is 26.6 Å². The number of benzene rings is 2. The van der Waals surface area contributed by atoms with Gasteiger partial charge in [0.2, 0.25) is 0 Å². The van der Waals surface area contributed by atoms with Crippen LogP contribution in [0, 0.1) is 0 Å². The number of halogens is 1. The highest BCUT2D eigenvalue weighted by Gasteiger charge is 2.38. The van der Waals surface area contributed by atoms with Crippen LogP contribution in [0.25, 0.3) is 0 Å². The second-order valence-corrected chi connectivity index (χ2v) is 10.7. The lowest BCUT2D eigenvalue weighted by Crippen LogP contribution is -2.54. The quantitative estimate of drug-likeness (QED) is 0.246. The van der Waals surface area contributed by atoms with Crippen molar-refractivity contribution in [2.45, 2.75) is 26.3 Å². The Morgan fingerprint density at radius 3 is 1.73 bits per heavy atom. The van der Waals surface area contributed by atoms with Crippen molar-refractivity contribution in [3.63, 3.8) is 0 Å². The molecule has 0 heterocycles. The molecule has 142 valence electrons. The minimum Gasteiger partial charge on any atom is -0.302 e. The molecule has 7 heteroatoms. The van der Waals surface area contributed by atoms with Gasteiger partial charge in [-0.05, 0) is 36.7 Å². The van der Waals surface area contributed by atoms with E-state index in [-0.39, 0.29) is 19.8 Å². The van der Waals surface area contributed by atoms with Gasteiger partial charge >= 0.3 is 16.2 Å². The molecule has 26 heavy (non-hydrogen) atoms. The summed E-state index contributed by atoms with van der Waals surface area (Å²) in [5.41, 5.74) is 0. The Bertz CT molecular complexity index is 650. The third-order valence-electron chi connectivity index (χ3n) is 3.95. The Labute approximate surface area is 156 Å². The molecule has 0 fully saturated rings. The summed E-state index contributed by atoms with van der Waals surface area (Å²) < 4.78 is 44.0. The van der Waals surface area contributed by atoms with Crippen molar-refractivity contribution in [3.05, 3.63) is 60.7 Å². The minimum absolute atomic E-state index is 0.121. The molecule has 0 N–H and O–H groups in total. The van der Waals surface area contributed by atoms with Gasteiger partial charge < -0.3 is 4.11 Å². The van der Waals surface area contributed by atoms with E-state index in [0.717, 1.165) is 10.4 Å². The molecule has 0 atom stereocenters. The number of hydrogen-bond acceptors (Lipinski definition) is 4. The Morgan fingerprint density at radius 1 is 0.846 bits per heavy atom. The van der Waals surface area contributed by atoms with Crippen molar-refractivity contribution in [2.24, 2.45) is 0 Å². The third kappa shape index (κ3) is 5.60. The highest BCUT2D eigenvalue weighted by molar-refractivity contribution is 7.48. The van der Waals surface area contributed by atoms with Crippen LogP contribution in [0.5, 0.6) is 0 Å². The van der Waals surface area contributed by atoms with E-state index < -0.39 is 16.2 Å². The summed E-state index contributed by atoms with van der Waals surface area (Å²) in [6.45, 7) is 4.02. The lowest BCUT2D eigenvalue weighted by molar-refractivity contribution is 0.121. The van der Waals surface area contributed by atoms with E-state index in [4.69, 9.17) is 13.6 Å². The Hall–Kier alpha value is -1.30. The zero-order valence-corrected chi connectivity index (χ0v) is 17.2. The van der Waals surface area contributed by atoms with Gasteiger partial charge in [-0.1, -0.05) is 60.7 Å². The minimum atomic E-state index is -3.55. The highest BCUT2D eigenvalue weighted by Crippen LogP contribution is 2.49. The average Bonchev–Trinajstić information content (AvgIpc) is 2.67. The molecule has 0 amide bonds. The SMILES string of the molecule is CCOP(=O)(OCC)OCCC[Si](F)(c1ccccc1)c1ccccc1. The fourth-order valence-electron chi connectivity index (χ4n) is 2.78. The average molecular weight is 396 g/mol. The molecule has 0 radical (unpaired) electrons. The third-order valence-corrected chi connectivity index (χ3v) is 9.14. The van der Waals surface area contributed by atoms with Crippen LogP contribution < -0.4 is 10.4 Å². The maximum atomic E-state index is 16.1. The first kappa shape index (κ1) is 21.0. The molecule has 4 nitrogen and oxygen atoms in total. The molecule has 2 aromatic rings. The fraction of sp³-hybridized carbons (Fsp3) is 0.368. The molecule has 2 rings (SSSR count). The predicted octanol–water partition coefficient (Wildman–Crippen LogP) is 4.30. The summed E-state index contributed by atoms with van der Waals surface area (Å²) in [6, 6.07) is 18.9. The van der Waals surface area contributed by atoms with E-state index in [9.17, 15) is 4.57 Å². The fourth-order valence-corrected chi connectivity index (χ4v) is 6.97. The summed E-state index contributed by atoms with van der Waals surface area (Å²) in [5, 5.41) is 1.45. The maximum absolute atomic E-state index is 16.1. The van der Waals surface area contributed by atoms with Crippen LogP contribution in [-0.4, -0.2) is 28.2 Å². The van der Waals surface area contributed by atoms with Gasteiger partial charge in [-0.2, -0.15) is 0 Å². The molecule has 0 spiro atoms. The molecule has 0 saturated carbocycles. The van der Waals surface area contributed by atoms with Crippen molar-refractivity contribution in [1.29, 1.82) is 0 Å². The van der Waals surface area contributed by atoms with Crippen LogP contribution in [0.3, 0.4) is 0 Å². The van der Waals surface area contributed by atoms with Gasteiger partial charge in [0.15, 0.2) is 0 Å². The van der Waals surface area contributed by atoms with Crippen LogP contribution in [0.15, 0.2) is 60.7 Å². The second-order valence-electron chi connectivity index (χ2n) is 5.75. The zero-order valence-electron chi connectivity index (χ0n) is 15.3. The summed E-state index contributed by atoms with van der Waals surface area (Å²) in [7, 11) is -6.94. The topological polar surface area (TPSA) is 44.8 Å². The van der Waals surface area contributed by atoms with Gasteiger partial charge in [0, 0.05) is 0 Å². The predicted molar refractivity (Wildman–Crippen MR) is 105 cm³/mol. The number of rotatable bonds is 11. The van der Waals surface area contributed by atoms with Crippen molar-refractivity contribution in [3.8, 4) is 0 Å². The number of phosphoric ester groups is 1. The molecule has 0 bridgehead atoms. The standard InChI is InChI=1S/C19H26FO4PSi/c1-3-22-25(21,23-4-2)24-16-11-17-26(20,18-12-7-5-8-13-18)19-14-9-6-10-15-19/h5-10,12-15H,3-4,11,16-17H2,1-2H3.